The predicted octanol–water partition coefficient (Wildman–Crippen LogP) is 4.79. The summed E-state index contributed by atoms with van der Waals surface area (Å²) in [6.07, 6.45) is 5.42. The van der Waals surface area contributed by atoms with E-state index < -0.39 is 0 Å². The van der Waals surface area contributed by atoms with E-state index in [4.69, 9.17) is 16.6 Å². The molecule has 2 N–H and O–H groups in total. The Labute approximate surface area is 178 Å². The van der Waals surface area contributed by atoms with Gasteiger partial charge in [0.15, 0.2) is 5.78 Å². The van der Waals surface area contributed by atoms with Crippen LogP contribution in [0.5, 0.6) is 0 Å². The third-order valence-corrected chi connectivity index (χ3v) is 5.31. The average Bonchev–Trinajstić information content (AvgIpc) is 3.44. The van der Waals surface area contributed by atoms with Gasteiger partial charge in [-0.2, -0.15) is 5.10 Å². The quantitative estimate of drug-likeness (QED) is 0.459. The van der Waals surface area contributed by atoms with Crippen LogP contribution in [0.3, 0.4) is 0 Å². The van der Waals surface area contributed by atoms with Crippen molar-refractivity contribution in [1.29, 1.82) is 0 Å². The number of H-pyrrole nitrogens is 2. The van der Waals surface area contributed by atoms with Crippen LogP contribution in [0.1, 0.15) is 21.9 Å². The zero-order valence-corrected chi connectivity index (χ0v) is 16.7. The molecule has 30 heavy (non-hydrogen) atoms. The minimum absolute atomic E-state index is 0.00283. The van der Waals surface area contributed by atoms with Gasteiger partial charge in [0.25, 0.3) is 0 Å². The van der Waals surface area contributed by atoms with Crippen molar-refractivity contribution in [2.45, 2.75) is 6.54 Å². The van der Waals surface area contributed by atoms with Crippen LogP contribution in [0.2, 0.25) is 5.02 Å². The Morgan fingerprint density at radius 3 is 2.67 bits per heavy atom. The lowest BCUT2D eigenvalue weighted by atomic mass is 10.0. The molecule has 0 atom stereocenters. The molecule has 0 fully saturated rings. The monoisotopic (exact) mass is 415 g/mol. The van der Waals surface area contributed by atoms with E-state index in [-0.39, 0.29) is 12.3 Å². The fourth-order valence-electron chi connectivity index (χ4n) is 3.53. The predicted molar refractivity (Wildman–Crippen MR) is 117 cm³/mol. The highest BCUT2D eigenvalue weighted by atomic mass is 35.5. The molecule has 0 unspecified atom stereocenters. The third-order valence-electron chi connectivity index (χ3n) is 5.08. The van der Waals surface area contributed by atoms with Gasteiger partial charge in [0.2, 0.25) is 0 Å². The summed E-state index contributed by atoms with van der Waals surface area (Å²) in [6.45, 7) is 0.875. The van der Waals surface area contributed by atoms with Crippen LogP contribution >= 0.6 is 11.6 Å². The van der Waals surface area contributed by atoms with Crippen molar-refractivity contribution in [2.24, 2.45) is 0 Å². The largest absolute Gasteiger partial charge is 0.364 e. The number of hydrogen-bond donors (Lipinski definition) is 2. The van der Waals surface area contributed by atoms with Gasteiger partial charge in [-0.1, -0.05) is 48.0 Å². The van der Waals surface area contributed by atoms with Gasteiger partial charge in [0.1, 0.15) is 11.5 Å². The zero-order valence-electron chi connectivity index (χ0n) is 16.0. The van der Waals surface area contributed by atoms with E-state index in [9.17, 15) is 4.79 Å². The second-order valence-electron chi connectivity index (χ2n) is 7.15. The van der Waals surface area contributed by atoms with Crippen molar-refractivity contribution in [1.82, 2.24) is 25.1 Å². The molecular formula is C23H18ClN5O. The highest BCUT2D eigenvalue weighted by Crippen LogP contribution is 2.27. The lowest BCUT2D eigenvalue weighted by molar-refractivity contribution is 0.0947. The first-order valence-electron chi connectivity index (χ1n) is 9.56. The lowest BCUT2D eigenvalue weighted by Crippen LogP contribution is -2.27. The Morgan fingerprint density at radius 1 is 1.07 bits per heavy atom. The van der Waals surface area contributed by atoms with Crippen LogP contribution in [0.25, 0.3) is 28.6 Å². The van der Waals surface area contributed by atoms with Gasteiger partial charge in [-0.25, -0.2) is 4.98 Å². The van der Waals surface area contributed by atoms with Crippen molar-refractivity contribution >= 4 is 23.5 Å². The number of aromatic nitrogens is 4. The van der Waals surface area contributed by atoms with Gasteiger partial charge in [-0.15, -0.1) is 0 Å². The molecular weight excluding hydrogens is 398 g/mol. The highest BCUT2D eigenvalue weighted by molar-refractivity contribution is 6.30. The molecule has 0 amide bonds. The minimum Gasteiger partial charge on any atom is -0.364 e. The normalized spacial score (nSPS) is 12.8. The average molecular weight is 416 g/mol. The number of fused-ring (bicyclic) bond motifs is 1. The number of Topliss-reactive ketones (excluding diaryl/α,β-unsaturated/α-hetero) is 1. The van der Waals surface area contributed by atoms with Gasteiger partial charge >= 0.3 is 0 Å². The van der Waals surface area contributed by atoms with Gasteiger partial charge < -0.3 is 9.88 Å². The third kappa shape index (κ3) is 3.65. The summed E-state index contributed by atoms with van der Waals surface area (Å²) in [5.74, 6) is 0.806. The van der Waals surface area contributed by atoms with E-state index in [1.807, 2.05) is 53.6 Å². The van der Waals surface area contributed by atoms with Crippen LogP contribution in [0.15, 0.2) is 67.0 Å². The number of rotatable bonds is 5. The van der Waals surface area contributed by atoms with Gasteiger partial charge in [-0.3, -0.25) is 9.89 Å². The molecule has 0 radical (unpaired) electrons. The number of carbonyl (C=O) groups excluding carboxylic acids is 1. The number of aromatic amines is 2. The second-order valence-corrected chi connectivity index (χ2v) is 7.59. The van der Waals surface area contributed by atoms with E-state index in [0.29, 0.717) is 12.2 Å². The number of nitrogens with zero attached hydrogens (tertiary/aromatic N) is 3. The number of halogens is 1. The summed E-state index contributed by atoms with van der Waals surface area (Å²) >= 11 is 6.10. The molecule has 2 aromatic carbocycles. The summed E-state index contributed by atoms with van der Waals surface area (Å²) in [5, 5.41) is 7.27. The molecule has 148 valence electrons. The van der Waals surface area contributed by atoms with Crippen molar-refractivity contribution < 1.29 is 4.79 Å². The molecule has 5 rings (SSSR count). The van der Waals surface area contributed by atoms with Gasteiger partial charge in [-0.05, 0) is 35.4 Å². The zero-order chi connectivity index (χ0) is 20.5. The molecule has 0 aliphatic carbocycles. The highest BCUT2D eigenvalue weighted by Gasteiger charge is 2.19. The first-order valence-corrected chi connectivity index (χ1v) is 9.93. The van der Waals surface area contributed by atoms with Gasteiger partial charge in [0, 0.05) is 23.0 Å². The minimum atomic E-state index is -0.00283. The van der Waals surface area contributed by atoms with Crippen molar-refractivity contribution in [3.8, 4) is 22.5 Å². The fourth-order valence-corrected chi connectivity index (χ4v) is 3.72. The smallest absolute Gasteiger partial charge is 0.199 e. The van der Waals surface area contributed by atoms with Crippen molar-refractivity contribution in [2.75, 3.05) is 6.54 Å². The Morgan fingerprint density at radius 2 is 1.90 bits per heavy atom. The lowest BCUT2D eigenvalue weighted by Gasteiger charge is -2.21. The molecule has 0 spiro atoms. The Balaban J connectivity index is 1.32. The first kappa shape index (κ1) is 18.4. The maximum Gasteiger partial charge on any atom is 0.199 e. The first-order chi connectivity index (χ1) is 14.7. The molecule has 3 heterocycles. The maximum atomic E-state index is 12.3. The van der Waals surface area contributed by atoms with Crippen LogP contribution in [-0.2, 0) is 6.54 Å². The summed E-state index contributed by atoms with van der Waals surface area (Å²) in [4.78, 5) is 22.4. The van der Waals surface area contributed by atoms with Crippen LogP contribution in [-0.4, -0.2) is 37.4 Å². The summed E-state index contributed by atoms with van der Waals surface area (Å²) in [5.41, 5.74) is 5.58. The van der Waals surface area contributed by atoms with E-state index in [2.05, 4.69) is 27.3 Å². The number of ketones is 1. The maximum absolute atomic E-state index is 12.3. The van der Waals surface area contributed by atoms with Gasteiger partial charge in [0.05, 0.1) is 24.5 Å². The van der Waals surface area contributed by atoms with E-state index in [1.54, 1.807) is 12.3 Å². The Kier molecular flexibility index (Phi) is 4.69. The van der Waals surface area contributed by atoms with Crippen molar-refractivity contribution in [3.63, 3.8) is 0 Å². The van der Waals surface area contributed by atoms with E-state index >= 15 is 0 Å². The number of nitrogens with one attached hydrogen (secondary N) is 2. The van der Waals surface area contributed by atoms with Crippen LogP contribution in [0, 0.1) is 0 Å². The molecule has 7 heteroatoms. The summed E-state index contributed by atoms with van der Waals surface area (Å²) in [6, 6.07) is 17.7. The summed E-state index contributed by atoms with van der Waals surface area (Å²) in [7, 11) is 0. The fraction of sp³-hybridized carbons (Fsp3) is 0.0870. The van der Waals surface area contributed by atoms with Crippen LogP contribution in [0.4, 0.5) is 0 Å². The van der Waals surface area contributed by atoms with Crippen molar-refractivity contribution in [3.05, 3.63) is 89.1 Å². The standard InChI is InChI=1S/C23H18ClN5O/c24-18-3-1-2-17(12-18)15-4-6-16(7-5-15)23-26-19-9-11-29(13-21(19)27-23)14-22(30)20-8-10-25-28-20/h1-12H,13-14H2,(H,25,28)(H,26,27). The second kappa shape index (κ2) is 7.65. The summed E-state index contributed by atoms with van der Waals surface area (Å²) < 4.78 is 0. The number of imidazole rings is 1. The van der Waals surface area contributed by atoms with Crippen LogP contribution < -0.4 is 0 Å². The molecule has 0 saturated carbocycles. The molecule has 2 aromatic heterocycles. The topological polar surface area (TPSA) is 77.7 Å². The molecule has 6 nitrogen and oxygen atoms in total. The van der Waals surface area contributed by atoms with E-state index in [0.717, 1.165) is 38.9 Å². The molecule has 0 saturated heterocycles. The Bertz CT molecular complexity index is 1220. The number of benzene rings is 2. The molecule has 4 aromatic rings. The Hall–Kier alpha value is -3.64. The number of hydrogen-bond acceptors (Lipinski definition) is 4. The molecule has 1 aliphatic rings. The van der Waals surface area contributed by atoms with E-state index in [1.165, 1.54) is 0 Å². The SMILES string of the molecule is O=C(CN1C=Cc2nc(-c3ccc(-c4cccc(Cl)c4)cc3)[nH]c2C1)c1ccn[nH]1. The number of carbonyl (C=O) groups is 1. The molecule has 1 aliphatic heterocycles. The molecule has 0 bridgehead atoms.